The SMILES string of the molecule is CC(C(C)C1CC1(C)C)C1CC1(C)C. The highest BCUT2D eigenvalue weighted by molar-refractivity contribution is 5.04. The largest absolute Gasteiger partial charge is 0.0620 e. The van der Waals surface area contributed by atoms with Gasteiger partial charge in [-0.2, -0.15) is 0 Å². The summed E-state index contributed by atoms with van der Waals surface area (Å²) in [5, 5.41) is 0. The van der Waals surface area contributed by atoms with Gasteiger partial charge in [0.1, 0.15) is 0 Å². The number of hydrogen-bond acceptors (Lipinski definition) is 0. The van der Waals surface area contributed by atoms with Gasteiger partial charge in [0.2, 0.25) is 0 Å². The second kappa shape index (κ2) is 2.77. The summed E-state index contributed by atoms with van der Waals surface area (Å²) in [6, 6.07) is 0. The van der Waals surface area contributed by atoms with Crippen LogP contribution in [-0.4, -0.2) is 0 Å². The molecule has 0 bridgehead atoms. The van der Waals surface area contributed by atoms with Crippen LogP contribution in [0.3, 0.4) is 0 Å². The molecule has 0 amide bonds. The minimum atomic E-state index is 0.659. The molecule has 2 fully saturated rings. The Kier molecular flexibility index (Phi) is 2.08. The first kappa shape index (κ1) is 10.5. The molecule has 2 rings (SSSR count). The van der Waals surface area contributed by atoms with Crippen LogP contribution in [0.1, 0.15) is 54.4 Å². The third kappa shape index (κ3) is 1.61. The Morgan fingerprint density at radius 3 is 1.14 bits per heavy atom. The van der Waals surface area contributed by atoms with E-state index in [1.165, 1.54) is 12.8 Å². The van der Waals surface area contributed by atoms with Gasteiger partial charge in [-0.05, 0) is 47.3 Å². The van der Waals surface area contributed by atoms with Crippen LogP contribution in [-0.2, 0) is 0 Å². The van der Waals surface area contributed by atoms with Crippen molar-refractivity contribution in [2.75, 3.05) is 0 Å². The topological polar surface area (TPSA) is 0 Å². The van der Waals surface area contributed by atoms with E-state index < -0.39 is 0 Å². The zero-order chi connectivity index (χ0) is 10.7. The summed E-state index contributed by atoms with van der Waals surface area (Å²) in [7, 11) is 0. The molecule has 0 heteroatoms. The number of rotatable bonds is 3. The van der Waals surface area contributed by atoms with Gasteiger partial charge in [-0.15, -0.1) is 0 Å². The van der Waals surface area contributed by atoms with Crippen LogP contribution in [0.5, 0.6) is 0 Å². The van der Waals surface area contributed by atoms with Gasteiger partial charge in [0.15, 0.2) is 0 Å². The van der Waals surface area contributed by atoms with Gasteiger partial charge in [-0.25, -0.2) is 0 Å². The molecule has 0 N–H and O–H groups in total. The van der Waals surface area contributed by atoms with Crippen molar-refractivity contribution in [3.63, 3.8) is 0 Å². The summed E-state index contributed by atoms with van der Waals surface area (Å²) in [6.45, 7) is 14.7. The molecule has 0 aromatic carbocycles. The molecule has 0 nitrogen and oxygen atoms in total. The van der Waals surface area contributed by atoms with Crippen molar-refractivity contribution in [3.8, 4) is 0 Å². The molecule has 0 aliphatic heterocycles. The predicted octanol–water partition coefficient (Wildman–Crippen LogP) is 4.35. The van der Waals surface area contributed by atoms with E-state index in [-0.39, 0.29) is 0 Å². The van der Waals surface area contributed by atoms with Crippen molar-refractivity contribution in [3.05, 3.63) is 0 Å². The van der Waals surface area contributed by atoms with Gasteiger partial charge in [-0.3, -0.25) is 0 Å². The average Bonchev–Trinajstić information content (AvgIpc) is 2.86. The summed E-state index contributed by atoms with van der Waals surface area (Å²) < 4.78 is 0. The van der Waals surface area contributed by atoms with Crippen LogP contribution in [0.15, 0.2) is 0 Å². The Bertz CT molecular complexity index is 210. The zero-order valence-corrected chi connectivity index (χ0v) is 10.7. The molecular weight excluding hydrogens is 168 g/mol. The number of hydrogen-bond donors (Lipinski definition) is 0. The van der Waals surface area contributed by atoms with Crippen molar-refractivity contribution in [1.29, 1.82) is 0 Å². The fourth-order valence-electron chi connectivity index (χ4n) is 3.54. The molecule has 4 atom stereocenters. The fraction of sp³-hybridized carbons (Fsp3) is 1.00. The first-order valence-corrected chi connectivity index (χ1v) is 6.26. The molecule has 4 unspecified atom stereocenters. The van der Waals surface area contributed by atoms with E-state index >= 15 is 0 Å². The average molecular weight is 194 g/mol. The van der Waals surface area contributed by atoms with Crippen molar-refractivity contribution >= 4 is 0 Å². The van der Waals surface area contributed by atoms with Gasteiger partial charge in [0, 0.05) is 0 Å². The predicted molar refractivity (Wildman–Crippen MR) is 62.1 cm³/mol. The minimum Gasteiger partial charge on any atom is -0.0620 e. The normalized spacial score (nSPS) is 41.6. The van der Waals surface area contributed by atoms with Gasteiger partial charge in [-0.1, -0.05) is 41.5 Å². The molecule has 82 valence electrons. The van der Waals surface area contributed by atoms with Crippen molar-refractivity contribution in [1.82, 2.24) is 0 Å². The molecule has 0 saturated heterocycles. The highest BCUT2D eigenvalue weighted by atomic mass is 14.6. The summed E-state index contributed by atoms with van der Waals surface area (Å²) in [5.41, 5.74) is 1.32. The molecule has 14 heavy (non-hydrogen) atoms. The Labute approximate surface area is 89.5 Å². The third-order valence-corrected chi connectivity index (χ3v) is 5.28. The molecule has 0 aromatic heterocycles. The maximum absolute atomic E-state index is 2.48. The second-order valence-corrected chi connectivity index (χ2v) is 7.32. The summed E-state index contributed by atoms with van der Waals surface area (Å²) in [5.74, 6) is 3.90. The van der Waals surface area contributed by atoms with Crippen LogP contribution in [0.2, 0.25) is 0 Å². The smallest absolute Gasteiger partial charge is 0.0320 e. The van der Waals surface area contributed by atoms with E-state index in [9.17, 15) is 0 Å². The fourth-order valence-corrected chi connectivity index (χ4v) is 3.54. The van der Waals surface area contributed by atoms with E-state index in [0.29, 0.717) is 10.8 Å². The minimum absolute atomic E-state index is 0.659. The quantitative estimate of drug-likeness (QED) is 0.626. The zero-order valence-electron chi connectivity index (χ0n) is 10.7. The summed E-state index contributed by atoms with van der Waals surface area (Å²) in [4.78, 5) is 0. The lowest BCUT2D eigenvalue weighted by atomic mass is 9.82. The van der Waals surface area contributed by atoms with Crippen molar-refractivity contribution in [2.45, 2.75) is 54.4 Å². The highest BCUT2D eigenvalue weighted by Gasteiger charge is 2.55. The van der Waals surface area contributed by atoms with E-state index in [4.69, 9.17) is 0 Å². The van der Waals surface area contributed by atoms with Crippen LogP contribution < -0.4 is 0 Å². The maximum Gasteiger partial charge on any atom is -0.0320 e. The molecule has 0 aromatic rings. The van der Waals surface area contributed by atoms with Crippen LogP contribution >= 0.6 is 0 Å². The lowest BCUT2D eigenvalue weighted by Gasteiger charge is -2.23. The van der Waals surface area contributed by atoms with E-state index in [1.807, 2.05) is 0 Å². The van der Waals surface area contributed by atoms with E-state index in [1.54, 1.807) is 0 Å². The first-order valence-electron chi connectivity index (χ1n) is 6.26. The molecule has 2 aliphatic rings. The Hall–Kier alpha value is 0. The first-order chi connectivity index (χ1) is 6.26. The Morgan fingerprint density at radius 1 is 0.786 bits per heavy atom. The van der Waals surface area contributed by atoms with E-state index in [0.717, 1.165) is 23.7 Å². The van der Waals surface area contributed by atoms with Gasteiger partial charge in [0.25, 0.3) is 0 Å². The lowest BCUT2D eigenvalue weighted by Crippen LogP contribution is -2.17. The highest BCUT2D eigenvalue weighted by Crippen LogP contribution is 2.63. The van der Waals surface area contributed by atoms with E-state index in [2.05, 4.69) is 41.5 Å². The van der Waals surface area contributed by atoms with Gasteiger partial charge < -0.3 is 0 Å². The molecular formula is C14H26. The Morgan fingerprint density at radius 2 is 1.00 bits per heavy atom. The molecule has 2 saturated carbocycles. The van der Waals surface area contributed by atoms with Crippen LogP contribution in [0.25, 0.3) is 0 Å². The summed E-state index contributed by atoms with van der Waals surface area (Å²) in [6.07, 6.45) is 2.93. The van der Waals surface area contributed by atoms with Crippen molar-refractivity contribution < 1.29 is 0 Å². The Balaban J connectivity index is 1.91. The van der Waals surface area contributed by atoms with Crippen LogP contribution in [0.4, 0.5) is 0 Å². The second-order valence-electron chi connectivity index (χ2n) is 7.32. The monoisotopic (exact) mass is 194 g/mol. The van der Waals surface area contributed by atoms with Gasteiger partial charge >= 0.3 is 0 Å². The maximum atomic E-state index is 2.48. The molecule has 2 aliphatic carbocycles. The van der Waals surface area contributed by atoms with Crippen LogP contribution in [0, 0.1) is 34.5 Å². The molecule has 0 spiro atoms. The standard InChI is InChI=1S/C14H26/c1-9(11-7-13(11,3)4)10(2)12-8-14(12,5)6/h9-12H,7-8H2,1-6H3. The third-order valence-electron chi connectivity index (χ3n) is 5.28. The summed E-state index contributed by atoms with van der Waals surface area (Å²) >= 11 is 0. The van der Waals surface area contributed by atoms with Gasteiger partial charge in [0.05, 0.1) is 0 Å². The molecule has 0 heterocycles. The lowest BCUT2D eigenvalue weighted by molar-refractivity contribution is 0.257. The molecule has 0 radical (unpaired) electrons. The van der Waals surface area contributed by atoms with Crippen molar-refractivity contribution in [2.24, 2.45) is 34.5 Å².